The highest BCUT2D eigenvalue weighted by Crippen LogP contribution is 2.42. The lowest BCUT2D eigenvalue weighted by molar-refractivity contribution is -0.879. The maximum absolute atomic E-state index is 13.4. The maximum Gasteiger partial charge on any atom is 0.343 e. The Morgan fingerprint density at radius 3 is 2.57 bits per heavy atom. The second kappa shape index (κ2) is 6.25. The molecule has 23 heavy (non-hydrogen) atoms. The molecule has 1 aromatic carbocycles. The van der Waals surface area contributed by atoms with Gasteiger partial charge >= 0.3 is 5.97 Å². The van der Waals surface area contributed by atoms with E-state index in [4.69, 9.17) is 17.1 Å². The van der Waals surface area contributed by atoms with E-state index in [1.165, 1.54) is 30.3 Å². The van der Waals surface area contributed by atoms with Crippen molar-refractivity contribution in [3.63, 3.8) is 0 Å². The fraction of sp³-hybridized carbons (Fsp3) is 0.632. The number of benzene rings is 1. The minimum atomic E-state index is -3.64. The van der Waals surface area contributed by atoms with Gasteiger partial charge in [0.1, 0.15) is 6.54 Å². The van der Waals surface area contributed by atoms with Crippen molar-refractivity contribution in [2.75, 3.05) is 27.2 Å². The average Bonchev–Trinajstić information content (AvgIpc) is 3.06. The molecule has 3 rings (SSSR count). The highest BCUT2D eigenvalue weighted by molar-refractivity contribution is 5.81. The van der Waals surface area contributed by atoms with E-state index in [-0.39, 0.29) is 5.56 Å². The first-order valence-corrected chi connectivity index (χ1v) is 7.62. The third kappa shape index (κ3) is 3.29. The van der Waals surface area contributed by atoms with Gasteiger partial charge in [-0.3, -0.25) is 0 Å². The van der Waals surface area contributed by atoms with Crippen LogP contribution in [0.3, 0.4) is 0 Å². The first-order chi connectivity index (χ1) is 14.3. The van der Waals surface area contributed by atoms with Gasteiger partial charge in [0.15, 0.2) is 11.7 Å². The lowest BCUT2D eigenvalue weighted by Gasteiger charge is -2.33. The van der Waals surface area contributed by atoms with Gasteiger partial charge in [-0.15, -0.1) is 0 Å². The van der Waals surface area contributed by atoms with E-state index in [0.717, 1.165) is 0 Å². The quantitative estimate of drug-likeness (QED) is 0.682. The molecule has 0 amide bonds. The normalized spacial score (nSPS) is 42.7. The Morgan fingerprint density at radius 2 is 2.00 bits per heavy atom. The Bertz CT molecular complexity index is 881. The van der Waals surface area contributed by atoms with Crippen LogP contribution in [0.4, 0.5) is 0 Å². The van der Waals surface area contributed by atoms with Crippen molar-refractivity contribution in [3.8, 4) is 0 Å². The summed E-state index contributed by atoms with van der Waals surface area (Å²) in [6.45, 7) is 1.03. The van der Waals surface area contributed by atoms with Crippen LogP contribution in [0.1, 0.15) is 49.8 Å². The summed E-state index contributed by atoms with van der Waals surface area (Å²) in [5.41, 5.74) is -3.73. The van der Waals surface area contributed by atoms with Crippen LogP contribution in [-0.2, 0) is 15.1 Å². The minimum Gasteiger partial charge on any atom is -0.454 e. The van der Waals surface area contributed by atoms with Gasteiger partial charge in [-0.2, -0.15) is 0 Å². The zero-order valence-electron chi connectivity index (χ0n) is 22.3. The number of esters is 1. The maximum atomic E-state index is 13.4. The van der Waals surface area contributed by atoms with Crippen molar-refractivity contribution in [1.82, 2.24) is 0 Å². The topological polar surface area (TPSA) is 46.5 Å². The first-order valence-electron chi connectivity index (χ1n) is 12.1. The molecular formula is C19H28NO3+. The molecule has 2 fully saturated rings. The van der Waals surface area contributed by atoms with Crippen LogP contribution in [-0.4, -0.2) is 48.8 Å². The smallest absolute Gasteiger partial charge is 0.343 e. The highest BCUT2D eigenvalue weighted by atomic mass is 16.6. The lowest BCUT2D eigenvalue weighted by Crippen LogP contribution is -2.46. The number of rotatable bonds is 4. The molecule has 1 aliphatic carbocycles. The molecule has 0 radical (unpaired) electrons. The largest absolute Gasteiger partial charge is 0.454 e. The molecular weight excluding hydrogens is 290 g/mol. The van der Waals surface area contributed by atoms with Gasteiger partial charge < -0.3 is 14.3 Å². The van der Waals surface area contributed by atoms with Gasteiger partial charge in [0.05, 0.1) is 20.6 Å². The molecule has 1 aliphatic heterocycles. The van der Waals surface area contributed by atoms with Crippen molar-refractivity contribution in [1.29, 1.82) is 0 Å². The molecule has 2 unspecified atom stereocenters. The van der Waals surface area contributed by atoms with Gasteiger partial charge in [0.2, 0.25) is 0 Å². The predicted molar refractivity (Wildman–Crippen MR) is 88.6 cm³/mol. The molecule has 126 valence electrons. The number of likely N-dealkylation sites (tertiary alicyclic amines) is 1. The Balaban J connectivity index is 2.24. The number of aliphatic hydroxyl groups is 1. The number of ether oxygens (including phenoxy) is 1. The van der Waals surface area contributed by atoms with Crippen LogP contribution >= 0.6 is 0 Å². The molecule has 1 saturated carbocycles. The van der Waals surface area contributed by atoms with Gasteiger partial charge in [-0.1, -0.05) is 43.1 Å². The summed E-state index contributed by atoms with van der Waals surface area (Å²) >= 11 is 0. The minimum absolute atomic E-state index is 0.378. The second-order valence-corrected chi connectivity index (χ2v) is 6.61. The Kier molecular flexibility index (Phi) is 2.35. The van der Waals surface area contributed by atoms with Gasteiger partial charge in [0, 0.05) is 24.7 Å². The molecule has 1 saturated heterocycles. The Morgan fingerprint density at radius 1 is 1.35 bits per heavy atom. The summed E-state index contributed by atoms with van der Waals surface area (Å²) in [4.78, 5) is 13.4. The van der Waals surface area contributed by atoms with Crippen LogP contribution in [0.25, 0.3) is 0 Å². The van der Waals surface area contributed by atoms with Crippen molar-refractivity contribution < 1.29 is 31.5 Å². The van der Waals surface area contributed by atoms with Crippen molar-refractivity contribution >= 4 is 5.97 Å². The number of nitrogens with zero attached hydrogens (tertiary/aromatic N) is 1. The van der Waals surface area contributed by atoms with Crippen LogP contribution in [0.15, 0.2) is 30.3 Å². The van der Waals surface area contributed by atoms with Gasteiger partial charge in [0.25, 0.3) is 0 Å². The van der Waals surface area contributed by atoms with Gasteiger partial charge in [-0.05, 0) is 18.3 Å². The molecule has 0 aromatic heterocycles. The highest BCUT2D eigenvalue weighted by Gasteiger charge is 2.49. The van der Waals surface area contributed by atoms with Crippen LogP contribution < -0.4 is 0 Å². The number of carbonyl (C=O) groups excluding carboxylic acids is 1. The molecule has 4 nitrogen and oxygen atoms in total. The standard InChI is InChI=1S/C19H28NO3/c1-20(2)13-12-17(14-20)23-18(21)19(22,16-10-6-7-11-16)15-8-4-3-5-9-15/h3-5,8-9,16-17,22H,6-7,10-14H2,1-2H3/q+1/i6D2,7D2,10D2,11D2,16D. The SMILES string of the molecule is [2H]C1([2H])C([2H])([2H])C([2H])([2H])C([2H])(C(O)(C(=O)OC2CC[N+](C)(C)C2)c2ccccc2)C1([2H])[2H]. The Hall–Kier alpha value is -1.39. The molecule has 2 atom stereocenters. The fourth-order valence-electron chi connectivity index (χ4n) is 3.00. The van der Waals surface area contributed by atoms with Gasteiger partial charge in [-0.25, -0.2) is 4.79 Å². The van der Waals surface area contributed by atoms with E-state index in [2.05, 4.69) is 0 Å². The lowest BCUT2D eigenvalue weighted by atomic mass is 9.80. The molecule has 0 spiro atoms. The zero-order chi connectivity index (χ0) is 24.6. The van der Waals surface area contributed by atoms with E-state index in [1.807, 2.05) is 14.1 Å². The second-order valence-electron chi connectivity index (χ2n) is 6.61. The van der Waals surface area contributed by atoms with E-state index >= 15 is 0 Å². The number of carbonyl (C=O) groups is 1. The number of hydrogen-bond acceptors (Lipinski definition) is 3. The molecule has 1 aromatic rings. The van der Waals surface area contributed by atoms with Crippen molar-refractivity contribution in [3.05, 3.63) is 35.9 Å². The van der Waals surface area contributed by atoms with E-state index < -0.39 is 49.1 Å². The summed E-state index contributed by atoms with van der Waals surface area (Å²) in [6, 6.07) is 6.66. The van der Waals surface area contributed by atoms with Crippen molar-refractivity contribution in [2.24, 2.45) is 5.89 Å². The molecule has 1 heterocycles. The summed E-state index contributed by atoms with van der Waals surface area (Å²) in [7, 11) is 3.81. The summed E-state index contributed by atoms with van der Waals surface area (Å²) < 4.78 is 80.5. The van der Waals surface area contributed by atoms with E-state index in [0.29, 0.717) is 24.0 Å². The number of likely N-dealkylation sites (N-methyl/N-ethyl adjacent to an activating group) is 1. The third-order valence-electron chi connectivity index (χ3n) is 4.31. The van der Waals surface area contributed by atoms with Crippen molar-refractivity contribution in [2.45, 2.75) is 43.6 Å². The van der Waals surface area contributed by atoms with Crippen LogP contribution in [0, 0.1) is 5.89 Å². The van der Waals surface area contributed by atoms with E-state index in [1.54, 1.807) is 0 Å². The summed E-state index contributed by atoms with van der Waals surface area (Å²) in [5.74, 6) is -5.15. The van der Waals surface area contributed by atoms with Crippen LogP contribution in [0.2, 0.25) is 0 Å². The van der Waals surface area contributed by atoms with Crippen LogP contribution in [0.5, 0.6) is 0 Å². The zero-order valence-corrected chi connectivity index (χ0v) is 13.3. The molecule has 0 bridgehead atoms. The molecule has 4 heteroatoms. The average molecular weight is 327 g/mol. The monoisotopic (exact) mass is 327 g/mol. The summed E-state index contributed by atoms with van der Waals surface area (Å²) in [6.07, 6.45) is -14.6. The van der Waals surface area contributed by atoms with E-state index in [9.17, 15) is 9.90 Å². The summed E-state index contributed by atoms with van der Waals surface area (Å²) in [5, 5.41) is 11.8. The molecule has 2 aliphatic rings. The number of hydrogen-bond donors (Lipinski definition) is 1. The fourth-order valence-corrected chi connectivity index (χ4v) is 3.00. The first kappa shape index (κ1) is 8.63. The molecule has 1 N–H and O–H groups in total. The Labute approximate surface area is 151 Å². The number of quaternary nitrogens is 1. The predicted octanol–water partition coefficient (Wildman–Crippen LogP) is 2.46. The third-order valence-corrected chi connectivity index (χ3v) is 4.31.